The van der Waals surface area contributed by atoms with E-state index in [0.717, 1.165) is 60.8 Å². The lowest BCUT2D eigenvalue weighted by Gasteiger charge is -2.17. The van der Waals surface area contributed by atoms with Crippen LogP contribution in [-0.4, -0.2) is 79.3 Å². The van der Waals surface area contributed by atoms with Crippen molar-refractivity contribution in [3.63, 3.8) is 0 Å². The number of benzene rings is 3. The summed E-state index contributed by atoms with van der Waals surface area (Å²) in [5, 5.41) is 10.5. The van der Waals surface area contributed by atoms with Crippen molar-refractivity contribution in [1.82, 2.24) is 9.80 Å². The molecule has 44 heavy (non-hydrogen) atoms. The molecule has 0 unspecified atom stereocenters. The molecular formula is C35H38N2O6S. The summed E-state index contributed by atoms with van der Waals surface area (Å²) in [5.41, 5.74) is 3.32. The van der Waals surface area contributed by atoms with Gasteiger partial charge in [0.05, 0.1) is 6.54 Å². The van der Waals surface area contributed by atoms with Gasteiger partial charge < -0.3 is 24.2 Å². The third-order valence-electron chi connectivity index (χ3n) is 8.22. The zero-order chi connectivity index (χ0) is 30.3. The number of carboxylic acid groups (broad SMARTS) is 1. The van der Waals surface area contributed by atoms with Gasteiger partial charge in [0.15, 0.2) is 18.1 Å². The van der Waals surface area contributed by atoms with E-state index in [2.05, 4.69) is 35.2 Å². The van der Waals surface area contributed by atoms with E-state index in [9.17, 15) is 14.7 Å². The van der Waals surface area contributed by atoms with Crippen molar-refractivity contribution in [2.24, 2.45) is 0 Å². The van der Waals surface area contributed by atoms with Crippen molar-refractivity contribution in [1.29, 1.82) is 0 Å². The van der Waals surface area contributed by atoms with E-state index in [0.29, 0.717) is 37.7 Å². The minimum absolute atomic E-state index is 0.211. The van der Waals surface area contributed by atoms with Crippen LogP contribution in [0.25, 0.3) is 20.5 Å². The smallest absolute Gasteiger partial charge is 0.341 e. The Morgan fingerprint density at radius 2 is 1.64 bits per heavy atom. The minimum Gasteiger partial charge on any atom is -0.492 e. The van der Waals surface area contributed by atoms with Crippen LogP contribution in [-0.2, 0) is 16.0 Å². The topological polar surface area (TPSA) is 88.5 Å². The summed E-state index contributed by atoms with van der Waals surface area (Å²) < 4.78 is 18.9. The average molecular weight is 615 g/mol. The lowest BCUT2D eigenvalue weighted by molar-refractivity contribution is -0.139. The van der Waals surface area contributed by atoms with E-state index in [1.54, 1.807) is 11.3 Å². The quantitative estimate of drug-likeness (QED) is 0.184. The normalized spacial score (nSPS) is 15.3. The summed E-state index contributed by atoms with van der Waals surface area (Å²) in [6.07, 6.45) is 4.74. The number of hydrogen-bond acceptors (Lipinski definition) is 7. The highest BCUT2D eigenvalue weighted by Gasteiger charge is 2.20. The number of amides is 1. The molecule has 0 atom stereocenters. The highest BCUT2D eigenvalue weighted by atomic mass is 32.1. The largest absolute Gasteiger partial charge is 0.492 e. The molecule has 0 spiro atoms. The van der Waals surface area contributed by atoms with E-state index in [-0.39, 0.29) is 5.91 Å². The van der Waals surface area contributed by atoms with Gasteiger partial charge in [0.1, 0.15) is 19.0 Å². The number of carboxylic acids is 1. The van der Waals surface area contributed by atoms with Crippen LogP contribution in [0.4, 0.5) is 0 Å². The number of hydrogen-bond donors (Lipinski definition) is 1. The SMILES string of the molecule is O=C(O)COc1cc(-c2sc3ccccc3c2Cc2ccc(OCCN3CCCC3=O)cc2)ccc1OCCN1CCCC1. The summed E-state index contributed by atoms with van der Waals surface area (Å²) in [6, 6.07) is 22.4. The molecule has 6 rings (SSSR count). The van der Waals surface area contributed by atoms with Gasteiger partial charge >= 0.3 is 5.97 Å². The van der Waals surface area contributed by atoms with Gasteiger partial charge in [-0.3, -0.25) is 9.69 Å². The van der Waals surface area contributed by atoms with Gasteiger partial charge in [0.25, 0.3) is 0 Å². The first-order valence-corrected chi connectivity index (χ1v) is 16.2. The van der Waals surface area contributed by atoms with Crippen molar-refractivity contribution in [2.45, 2.75) is 32.1 Å². The van der Waals surface area contributed by atoms with Crippen molar-refractivity contribution >= 4 is 33.3 Å². The maximum absolute atomic E-state index is 11.9. The predicted octanol–water partition coefficient (Wildman–Crippen LogP) is 6.10. The molecule has 2 saturated heterocycles. The second-order valence-electron chi connectivity index (χ2n) is 11.3. The van der Waals surface area contributed by atoms with Crippen LogP contribution in [0.3, 0.4) is 0 Å². The third-order valence-corrected chi connectivity index (χ3v) is 9.49. The standard InChI is InChI=1S/C35H38N2O6S/c38-33-8-5-17-37(33)19-21-41-27-12-9-25(10-13-27)22-29-28-6-1-2-7-32(28)44-35(29)26-11-14-30(31(23-26)43-24-34(39)40)42-20-18-36-15-3-4-16-36/h1-2,6-7,9-14,23H,3-5,8,15-22,24H2,(H,39,40). The van der Waals surface area contributed by atoms with Crippen LogP contribution in [0.2, 0.25) is 0 Å². The monoisotopic (exact) mass is 614 g/mol. The third kappa shape index (κ3) is 7.34. The fourth-order valence-electron chi connectivity index (χ4n) is 5.94. The lowest BCUT2D eigenvalue weighted by atomic mass is 9.98. The molecule has 2 fully saturated rings. The van der Waals surface area contributed by atoms with E-state index in [1.165, 1.54) is 28.5 Å². The van der Waals surface area contributed by atoms with Crippen molar-refractivity contribution in [3.05, 3.63) is 77.9 Å². The van der Waals surface area contributed by atoms with E-state index in [4.69, 9.17) is 14.2 Å². The molecule has 230 valence electrons. The Morgan fingerprint density at radius 3 is 2.41 bits per heavy atom. The van der Waals surface area contributed by atoms with Crippen LogP contribution >= 0.6 is 11.3 Å². The number of fused-ring (bicyclic) bond motifs is 1. The first-order chi connectivity index (χ1) is 21.5. The minimum atomic E-state index is -1.03. The second-order valence-corrected chi connectivity index (χ2v) is 12.4. The first kappa shape index (κ1) is 30.0. The van der Waals surface area contributed by atoms with Crippen LogP contribution in [0, 0.1) is 0 Å². The molecule has 0 radical (unpaired) electrons. The van der Waals surface area contributed by atoms with Crippen molar-refractivity contribution < 1.29 is 28.9 Å². The molecule has 1 amide bonds. The number of rotatable bonds is 14. The molecule has 3 aromatic carbocycles. The van der Waals surface area contributed by atoms with Crippen LogP contribution in [0.1, 0.15) is 36.8 Å². The van der Waals surface area contributed by atoms with Crippen LogP contribution < -0.4 is 14.2 Å². The Labute approximate surface area is 261 Å². The number of aliphatic carboxylic acids is 1. The lowest BCUT2D eigenvalue weighted by Crippen LogP contribution is -2.29. The van der Waals surface area contributed by atoms with Crippen molar-refractivity contribution in [3.8, 4) is 27.7 Å². The van der Waals surface area contributed by atoms with Crippen LogP contribution in [0.5, 0.6) is 17.2 Å². The zero-order valence-electron chi connectivity index (χ0n) is 24.8. The summed E-state index contributed by atoms with van der Waals surface area (Å²) in [4.78, 5) is 28.6. The van der Waals surface area contributed by atoms with E-state index >= 15 is 0 Å². The van der Waals surface area contributed by atoms with Gasteiger partial charge in [0.2, 0.25) is 5.91 Å². The van der Waals surface area contributed by atoms with Gasteiger partial charge in [-0.2, -0.15) is 0 Å². The van der Waals surface area contributed by atoms with Gasteiger partial charge in [0, 0.05) is 29.1 Å². The molecule has 8 nitrogen and oxygen atoms in total. The fourth-order valence-corrected chi connectivity index (χ4v) is 7.16. The van der Waals surface area contributed by atoms with Gasteiger partial charge in [-0.15, -0.1) is 11.3 Å². The van der Waals surface area contributed by atoms with Crippen molar-refractivity contribution in [2.75, 3.05) is 52.5 Å². The molecule has 0 bridgehead atoms. The highest BCUT2D eigenvalue weighted by molar-refractivity contribution is 7.22. The number of carbonyl (C=O) groups excluding carboxylic acids is 1. The van der Waals surface area contributed by atoms with Gasteiger partial charge in [-0.25, -0.2) is 4.79 Å². The van der Waals surface area contributed by atoms with Gasteiger partial charge in [-0.05, 0) is 97.2 Å². The molecule has 9 heteroatoms. The molecule has 0 aliphatic carbocycles. The van der Waals surface area contributed by atoms with E-state index in [1.807, 2.05) is 41.3 Å². The molecule has 0 saturated carbocycles. The number of nitrogens with zero attached hydrogens (tertiary/aromatic N) is 2. The fraction of sp³-hybridized carbons (Fsp3) is 0.371. The maximum Gasteiger partial charge on any atom is 0.341 e. The Bertz CT molecular complexity index is 1590. The molecule has 1 aromatic heterocycles. The Morgan fingerprint density at radius 1 is 0.841 bits per heavy atom. The zero-order valence-corrected chi connectivity index (χ0v) is 25.7. The number of likely N-dealkylation sites (tertiary alicyclic amines) is 2. The summed E-state index contributed by atoms with van der Waals surface area (Å²) in [7, 11) is 0. The number of thiophene rings is 1. The molecule has 4 aromatic rings. The average Bonchev–Trinajstić information content (AvgIpc) is 3.79. The molecule has 1 N–H and O–H groups in total. The molecular weight excluding hydrogens is 576 g/mol. The Kier molecular flexibility index (Phi) is 9.63. The predicted molar refractivity (Wildman–Crippen MR) is 172 cm³/mol. The number of carbonyl (C=O) groups is 2. The molecule has 2 aliphatic rings. The summed E-state index contributed by atoms with van der Waals surface area (Å²) in [6.45, 7) is 5.02. The van der Waals surface area contributed by atoms with E-state index < -0.39 is 12.6 Å². The Hall–Kier alpha value is -4.08. The van der Waals surface area contributed by atoms with Crippen LogP contribution in [0.15, 0.2) is 66.7 Å². The van der Waals surface area contributed by atoms with Gasteiger partial charge in [-0.1, -0.05) is 30.3 Å². The maximum atomic E-state index is 11.9. The second kappa shape index (κ2) is 14.1. The highest BCUT2D eigenvalue weighted by Crippen LogP contribution is 2.42. The molecule has 2 aliphatic heterocycles. The summed E-state index contributed by atoms with van der Waals surface area (Å²) in [5.74, 6) is 0.964. The number of ether oxygens (including phenoxy) is 3. The Balaban J connectivity index is 1.20. The molecule has 3 heterocycles. The first-order valence-electron chi connectivity index (χ1n) is 15.4. The summed E-state index contributed by atoms with van der Waals surface area (Å²) >= 11 is 1.72.